The normalized spacial score (nSPS) is 17.8. The summed E-state index contributed by atoms with van der Waals surface area (Å²) in [7, 11) is 0. The molecule has 1 atom stereocenters. The lowest BCUT2D eigenvalue weighted by Crippen LogP contribution is -2.44. The topological polar surface area (TPSA) is 50.5 Å². The van der Waals surface area contributed by atoms with Crippen LogP contribution in [0.25, 0.3) is 5.52 Å². The molecule has 2 aromatic heterocycles. The van der Waals surface area contributed by atoms with Crippen LogP contribution in [-0.4, -0.2) is 38.0 Å². The van der Waals surface area contributed by atoms with Crippen LogP contribution in [0, 0.1) is 0 Å². The van der Waals surface area contributed by atoms with Gasteiger partial charge < -0.3 is 4.90 Å². The van der Waals surface area contributed by atoms with E-state index < -0.39 is 0 Å². The minimum Gasteiger partial charge on any atom is -0.336 e. The van der Waals surface area contributed by atoms with Crippen molar-refractivity contribution in [2.24, 2.45) is 0 Å². The van der Waals surface area contributed by atoms with Crippen LogP contribution < -0.4 is 0 Å². The number of hydrogen-bond acceptors (Lipinski definition) is 3. The van der Waals surface area contributed by atoms with Crippen LogP contribution in [0.15, 0.2) is 55.1 Å². The molecule has 0 saturated carbocycles. The number of fused-ring (bicyclic) bond motifs is 1. The molecule has 1 aromatic carbocycles. The lowest BCUT2D eigenvalue weighted by molar-refractivity contribution is 0.0604. The maximum absolute atomic E-state index is 13.1. The second kappa shape index (κ2) is 7.05. The zero-order valence-electron chi connectivity index (χ0n) is 14.2. The molecule has 5 nitrogen and oxygen atoms in total. The Morgan fingerprint density at radius 1 is 1.16 bits per heavy atom. The first-order valence-corrected chi connectivity index (χ1v) is 8.95. The first-order valence-electron chi connectivity index (χ1n) is 8.95. The standard InChI is InChI=1S/C20H22N4O/c25-20(18-14-22-24-13-11-21-15-19(18)24)23-12-5-4-8-17(23)10-9-16-6-2-1-3-7-16/h1-3,6-7,11,13-15,17H,4-5,8-10,12H2. The summed E-state index contributed by atoms with van der Waals surface area (Å²) in [4.78, 5) is 19.3. The summed E-state index contributed by atoms with van der Waals surface area (Å²) in [6, 6.07) is 10.8. The van der Waals surface area contributed by atoms with Gasteiger partial charge in [-0.1, -0.05) is 30.3 Å². The summed E-state index contributed by atoms with van der Waals surface area (Å²) in [5.74, 6) is 0.0840. The molecular formula is C20H22N4O. The third-order valence-corrected chi connectivity index (χ3v) is 5.05. The van der Waals surface area contributed by atoms with Gasteiger partial charge in [-0.05, 0) is 37.7 Å². The average molecular weight is 334 g/mol. The van der Waals surface area contributed by atoms with Crippen LogP contribution in [-0.2, 0) is 6.42 Å². The number of amides is 1. The Hall–Kier alpha value is -2.69. The molecule has 1 aliphatic heterocycles. The first kappa shape index (κ1) is 15.8. The number of hydrogen-bond donors (Lipinski definition) is 0. The Kier molecular flexibility index (Phi) is 4.46. The number of nitrogens with zero attached hydrogens (tertiary/aromatic N) is 4. The number of likely N-dealkylation sites (tertiary alicyclic amines) is 1. The maximum atomic E-state index is 13.1. The monoisotopic (exact) mass is 334 g/mol. The third kappa shape index (κ3) is 3.27. The van der Waals surface area contributed by atoms with Gasteiger partial charge in [0.2, 0.25) is 0 Å². The average Bonchev–Trinajstić information content (AvgIpc) is 3.11. The second-order valence-corrected chi connectivity index (χ2v) is 6.64. The Morgan fingerprint density at radius 3 is 2.92 bits per heavy atom. The van der Waals surface area contributed by atoms with E-state index in [1.165, 1.54) is 12.0 Å². The zero-order chi connectivity index (χ0) is 17.1. The molecule has 1 unspecified atom stereocenters. The van der Waals surface area contributed by atoms with Gasteiger partial charge in [-0.3, -0.25) is 9.78 Å². The van der Waals surface area contributed by atoms with Crippen LogP contribution in [0.3, 0.4) is 0 Å². The van der Waals surface area contributed by atoms with E-state index in [9.17, 15) is 4.79 Å². The van der Waals surface area contributed by atoms with Gasteiger partial charge in [0.05, 0.1) is 23.5 Å². The molecule has 3 aromatic rings. The molecule has 1 saturated heterocycles. The fraction of sp³-hybridized carbons (Fsp3) is 0.350. The van der Waals surface area contributed by atoms with Crippen molar-refractivity contribution in [2.75, 3.05) is 6.54 Å². The van der Waals surface area contributed by atoms with E-state index in [0.717, 1.165) is 37.7 Å². The van der Waals surface area contributed by atoms with E-state index in [1.54, 1.807) is 29.3 Å². The molecule has 0 bridgehead atoms. The van der Waals surface area contributed by atoms with E-state index in [0.29, 0.717) is 11.6 Å². The molecule has 5 heteroatoms. The van der Waals surface area contributed by atoms with Gasteiger partial charge >= 0.3 is 0 Å². The van der Waals surface area contributed by atoms with Crippen LogP contribution in [0.5, 0.6) is 0 Å². The molecule has 25 heavy (non-hydrogen) atoms. The van der Waals surface area contributed by atoms with Gasteiger partial charge in [-0.2, -0.15) is 5.10 Å². The van der Waals surface area contributed by atoms with Gasteiger partial charge in [-0.25, -0.2) is 4.52 Å². The van der Waals surface area contributed by atoms with Crippen molar-refractivity contribution in [3.8, 4) is 0 Å². The number of rotatable bonds is 4. The van der Waals surface area contributed by atoms with Crippen molar-refractivity contribution < 1.29 is 4.79 Å². The summed E-state index contributed by atoms with van der Waals surface area (Å²) >= 11 is 0. The number of piperidine rings is 1. The van der Waals surface area contributed by atoms with Crippen molar-refractivity contribution in [3.05, 3.63) is 66.2 Å². The largest absolute Gasteiger partial charge is 0.336 e. The highest BCUT2D eigenvalue weighted by atomic mass is 16.2. The van der Waals surface area contributed by atoms with Crippen molar-refractivity contribution in [3.63, 3.8) is 0 Å². The summed E-state index contributed by atoms with van der Waals surface area (Å²) < 4.78 is 1.71. The molecule has 0 N–H and O–H groups in total. The second-order valence-electron chi connectivity index (χ2n) is 6.64. The fourth-order valence-electron chi connectivity index (χ4n) is 3.70. The number of benzene rings is 1. The van der Waals surface area contributed by atoms with Crippen molar-refractivity contribution in [1.82, 2.24) is 19.5 Å². The van der Waals surface area contributed by atoms with Crippen LogP contribution in [0.2, 0.25) is 0 Å². The molecule has 1 amide bonds. The quantitative estimate of drug-likeness (QED) is 0.735. The van der Waals surface area contributed by atoms with Gasteiger partial charge in [0, 0.05) is 25.0 Å². The summed E-state index contributed by atoms with van der Waals surface area (Å²) in [5, 5.41) is 4.28. The lowest BCUT2D eigenvalue weighted by atomic mass is 9.95. The smallest absolute Gasteiger partial charge is 0.257 e. The fourth-order valence-corrected chi connectivity index (χ4v) is 3.70. The number of carbonyl (C=O) groups excluding carboxylic acids is 1. The van der Waals surface area contributed by atoms with E-state index in [4.69, 9.17) is 0 Å². The summed E-state index contributed by atoms with van der Waals surface area (Å²) in [6.45, 7) is 0.829. The molecule has 4 rings (SSSR count). The Labute approximate surface area is 147 Å². The summed E-state index contributed by atoms with van der Waals surface area (Å²) in [6.07, 6.45) is 12.2. The van der Waals surface area contributed by atoms with Crippen LogP contribution in [0.1, 0.15) is 41.6 Å². The van der Waals surface area contributed by atoms with Gasteiger partial charge in [0.1, 0.15) is 0 Å². The minimum absolute atomic E-state index is 0.0840. The highest BCUT2D eigenvalue weighted by Crippen LogP contribution is 2.24. The number of aryl methyl sites for hydroxylation is 1. The van der Waals surface area contributed by atoms with E-state index >= 15 is 0 Å². The molecule has 0 spiro atoms. The van der Waals surface area contributed by atoms with Gasteiger partial charge in [0.15, 0.2) is 0 Å². The SMILES string of the molecule is O=C(c1cnn2ccncc12)N1CCCCC1CCc1ccccc1. The van der Waals surface area contributed by atoms with Crippen molar-refractivity contribution in [2.45, 2.75) is 38.1 Å². The van der Waals surface area contributed by atoms with Gasteiger partial charge in [-0.15, -0.1) is 0 Å². The molecule has 128 valence electrons. The molecule has 3 heterocycles. The number of carbonyl (C=O) groups is 1. The first-order chi connectivity index (χ1) is 12.3. The van der Waals surface area contributed by atoms with Crippen molar-refractivity contribution >= 4 is 11.4 Å². The summed E-state index contributed by atoms with van der Waals surface area (Å²) in [5.41, 5.74) is 2.76. The third-order valence-electron chi connectivity index (χ3n) is 5.05. The van der Waals surface area contributed by atoms with Gasteiger partial charge in [0.25, 0.3) is 5.91 Å². The molecular weight excluding hydrogens is 312 g/mol. The predicted molar refractivity (Wildman–Crippen MR) is 96.4 cm³/mol. The predicted octanol–water partition coefficient (Wildman–Crippen LogP) is 3.36. The maximum Gasteiger partial charge on any atom is 0.257 e. The zero-order valence-corrected chi connectivity index (χ0v) is 14.2. The highest BCUT2D eigenvalue weighted by Gasteiger charge is 2.28. The van der Waals surface area contributed by atoms with Crippen LogP contribution in [0.4, 0.5) is 0 Å². The Bertz CT molecular complexity index is 858. The molecule has 1 aliphatic rings. The molecule has 0 radical (unpaired) electrons. The van der Waals surface area contributed by atoms with E-state index in [2.05, 4.69) is 39.2 Å². The minimum atomic E-state index is 0.0840. The molecule has 1 fully saturated rings. The lowest BCUT2D eigenvalue weighted by Gasteiger charge is -2.36. The van der Waals surface area contributed by atoms with E-state index in [-0.39, 0.29) is 5.91 Å². The molecule has 0 aliphatic carbocycles. The highest BCUT2D eigenvalue weighted by molar-refractivity contribution is 6.00. The Morgan fingerprint density at radius 2 is 2.04 bits per heavy atom. The number of aromatic nitrogens is 3. The van der Waals surface area contributed by atoms with Crippen molar-refractivity contribution in [1.29, 1.82) is 0 Å². The Balaban J connectivity index is 1.53. The van der Waals surface area contributed by atoms with E-state index in [1.807, 2.05) is 6.07 Å². The van der Waals surface area contributed by atoms with Crippen LogP contribution >= 0.6 is 0 Å².